The van der Waals surface area contributed by atoms with Crippen molar-refractivity contribution >= 4 is 11.3 Å². The molecule has 1 saturated heterocycles. The highest BCUT2D eigenvalue weighted by Gasteiger charge is 2.28. The molecular formula is C17H19N5S. The lowest BCUT2D eigenvalue weighted by molar-refractivity contribution is 0.244. The topological polar surface area (TPSA) is 57.7 Å². The van der Waals surface area contributed by atoms with Crippen molar-refractivity contribution in [3.05, 3.63) is 52.4 Å². The standard InChI is InChI=1S/C17H19N5S/c1-12-20-14(9-15(21-12)17-18-5-6-19-17)16-3-2-7-22(16)10-13-4-8-23-11-13/h4-6,8-9,11,16H,2-3,7,10H2,1H3,(H,18,19)/t16-/m0/s1. The van der Waals surface area contributed by atoms with Crippen molar-refractivity contribution < 1.29 is 0 Å². The van der Waals surface area contributed by atoms with Crippen LogP contribution in [0.15, 0.2) is 35.3 Å². The molecule has 0 spiro atoms. The molecule has 3 aromatic rings. The lowest BCUT2D eigenvalue weighted by atomic mass is 10.1. The van der Waals surface area contributed by atoms with Crippen molar-refractivity contribution in [3.63, 3.8) is 0 Å². The molecule has 3 aromatic heterocycles. The monoisotopic (exact) mass is 325 g/mol. The van der Waals surface area contributed by atoms with E-state index in [1.165, 1.54) is 12.0 Å². The quantitative estimate of drug-likeness (QED) is 0.796. The van der Waals surface area contributed by atoms with Crippen LogP contribution in [0, 0.1) is 6.92 Å². The van der Waals surface area contributed by atoms with Crippen LogP contribution in [0.1, 0.15) is 36.0 Å². The van der Waals surface area contributed by atoms with Crippen molar-refractivity contribution in [1.29, 1.82) is 0 Å². The Morgan fingerprint density at radius 3 is 3.13 bits per heavy atom. The molecular weight excluding hydrogens is 306 g/mol. The molecule has 4 heterocycles. The van der Waals surface area contributed by atoms with E-state index in [4.69, 9.17) is 4.98 Å². The summed E-state index contributed by atoms with van der Waals surface area (Å²) in [5, 5.41) is 4.37. The number of hydrogen-bond acceptors (Lipinski definition) is 5. The third kappa shape index (κ3) is 3.04. The van der Waals surface area contributed by atoms with E-state index in [1.807, 2.05) is 13.1 Å². The van der Waals surface area contributed by atoms with Crippen LogP contribution in [0.3, 0.4) is 0 Å². The van der Waals surface area contributed by atoms with E-state index < -0.39 is 0 Å². The molecule has 0 saturated carbocycles. The van der Waals surface area contributed by atoms with Crippen LogP contribution in [0.2, 0.25) is 0 Å². The molecule has 0 bridgehead atoms. The highest BCUT2D eigenvalue weighted by atomic mass is 32.1. The number of rotatable bonds is 4. The molecule has 6 heteroatoms. The summed E-state index contributed by atoms with van der Waals surface area (Å²) in [6, 6.07) is 4.66. The Morgan fingerprint density at radius 1 is 1.39 bits per heavy atom. The van der Waals surface area contributed by atoms with Gasteiger partial charge in [-0.25, -0.2) is 15.0 Å². The summed E-state index contributed by atoms with van der Waals surface area (Å²) >= 11 is 1.76. The van der Waals surface area contributed by atoms with Gasteiger partial charge in [0.05, 0.1) is 11.7 Å². The summed E-state index contributed by atoms with van der Waals surface area (Å²) < 4.78 is 0. The molecule has 1 fully saturated rings. The number of thiophene rings is 1. The average Bonchev–Trinajstić information content (AvgIpc) is 3.30. The first-order chi connectivity index (χ1) is 11.3. The van der Waals surface area contributed by atoms with Gasteiger partial charge in [-0.15, -0.1) is 0 Å². The summed E-state index contributed by atoms with van der Waals surface area (Å²) in [7, 11) is 0. The second kappa shape index (κ2) is 6.22. The number of hydrogen-bond donors (Lipinski definition) is 1. The van der Waals surface area contributed by atoms with Gasteiger partial charge in [0, 0.05) is 18.9 Å². The highest BCUT2D eigenvalue weighted by Crippen LogP contribution is 2.33. The molecule has 1 aliphatic rings. The SMILES string of the molecule is Cc1nc(-c2ncc[nH]2)cc([C@@H]2CCCN2Cc2ccsc2)n1. The zero-order valence-electron chi connectivity index (χ0n) is 13.1. The van der Waals surface area contributed by atoms with Crippen LogP contribution >= 0.6 is 11.3 Å². The molecule has 4 rings (SSSR count). The Hall–Kier alpha value is -2.05. The van der Waals surface area contributed by atoms with Gasteiger partial charge in [-0.3, -0.25) is 4.90 Å². The smallest absolute Gasteiger partial charge is 0.156 e. The van der Waals surface area contributed by atoms with E-state index in [9.17, 15) is 0 Å². The molecule has 0 aliphatic carbocycles. The number of aromatic nitrogens is 4. The van der Waals surface area contributed by atoms with Crippen molar-refractivity contribution in [1.82, 2.24) is 24.8 Å². The third-order valence-corrected chi connectivity index (χ3v) is 5.00. The summed E-state index contributed by atoms with van der Waals surface area (Å²) in [6.45, 7) is 4.07. The lowest BCUT2D eigenvalue weighted by Gasteiger charge is -2.24. The fourth-order valence-corrected chi connectivity index (χ4v) is 3.92. The molecule has 0 radical (unpaired) electrons. The fourth-order valence-electron chi connectivity index (χ4n) is 3.26. The van der Waals surface area contributed by atoms with Crippen molar-refractivity contribution in [3.8, 4) is 11.5 Å². The minimum atomic E-state index is 0.366. The second-order valence-corrected chi connectivity index (χ2v) is 6.70. The molecule has 0 aromatic carbocycles. The van der Waals surface area contributed by atoms with E-state index in [0.717, 1.165) is 42.5 Å². The molecule has 0 unspecified atom stereocenters. The number of nitrogens with one attached hydrogen (secondary N) is 1. The van der Waals surface area contributed by atoms with Crippen molar-refractivity contribution in [2.45, 2.75) is 32.4 Å². The Balaban J connectivity index is 1.63. The van der Waals surface area contributed by atoms with Crippen LogP contribution in [0.5, 0.6) is 0 Å². The molecule has 23 heavy (non-hydrogen) atoms. The van der Waals surface area contributed by atoms with Gasteiger partial charge in [0.25, 0.3) is 0 Å². The largest absolute Gasteiger partial charge is 0.343 e. The van der Waals surface area contributed by atoms with E-state index in [1.54, 1.807) is 17.5 Å². The zero-order valence-corrected chi connectivity index (χ0v) is 13.9. The number of imidazole rings is 1. The zero-order chi connectivity index (χ0) is 15.6. The van der Waals surface area contributed by atoms with Crippen LogP contribution in [0.25, 0.3) is 11.5 Å². The van der Waals surface area contributed by atoms with E-state index in [-0.39, 0.29) is 0 Å². The number of aryl methyl sites for hydroxylation is 1. The Bertz CT molecular complexity index is 766. The van der Waals surface area contributed by atoms with E-state index >= 15 is 0 Å². The van der Waals surface area contributed by atoms with Crippen LogP contribution in [0.4, 0.5) is 0 Å². The minimum absolute atomic E-state index is 0.366. The van der Waals surface area contributed by atoms with Gasteiger partial charge < -0.3 is 4.98 Å². The third-order valence-electron chi connectivity index (χ3n) is 4.27. The molecule has 0 amide bonds. The average molecular weight is 325 g/mol. The Kier molecular flexibility index (Phi) is 3.93. The lowest BCUT2D eigenvalue weighted by Crippen LogP contribution is -2.23. The van der Waals surface area contributed by atoms with Crippen LogP contribution in [-0.2, 0) is 6.54 Å². The maximum absolute atomic E-state index is 4.71. The first-order valence-corrected chi connectivity index (χ1v) is 8.84. The normalized spacial score (nSPS) is 18.6. The number of aromatic amines is 1. The maximum atomic E-state index is 4.71. The highest BCUT2D eigenvalue weighted by molar-refractivity contribution is 7.07. The van der Waals surface area contributed by atoms with E-state index in [2.05, 4.69) is 42.7 Å². The summed E-state index contributed by atoms with van der Waals surface area (Å²) in [5.74, 6) is 1.61. The maximum Gasteiger partial charge on any atom is 0.156 e. The molecule has 1 N–H and O–H groups in total. The van der Waals surface area contributed by atoms with Gasteiger partial charge in [-0.05, 0) is 54.8 Å². The summed E-state index contributed by atoms with van der Waals surface area (Å²) in [6.07, 6.45) is 5.95. The van der Waals surface area contributed by atoms with Crippen molar-refractivity contribution in [2.75, 3.05) is 6.54 Å². The molecule has 1 aliphatic heterocycles. The predicted octanol–water partition coefficient (Wildman–Crippen LogP) is 3.57. The van der Waals surface area contributed by atoms with Gasteiger partial charge in [0.2, 0.25) is 0 Å². The number of H-pyrrole nitrogens is 1. The fraction of sp³-hybridized carbons (Fsp3) is 0.353. The molecule has 118 valence electrons. The second-order valence-electron chi connectivity index (χ2n) is 5.92. The molecule has 5 nitrogen and oxygen atoms in total. The summed E-state index contributed by atoms with van der Waals surface area (Å²) in [4.78, 5) is 19.2. The van der Waals surface area contributed by atoms with Gasteiger partial charge in [0.1, 0.15) is 11.5 Å². The first-order valence-electron chi connectivity index (χ1n) is 7.90. The minimum Gasteiger partial charge on any atom is -0.343 e. The number of likely N-dealkylation sites (tertiary alicyclic amines) is 1. The van der Waals surface area contributed by atoms with Crippen LogP contribution < -0.4 is 0 Å². The van der Waals surface area contributed by atoms with Crippen LogP contribution in [-0.4, -0.2) is 31.4 Å². The van der Waals surface area contributed by atoms with Gasteiger partial charge in [0.15, 0.2) is 5.82 Å². The first kappa shape index (κ1) is 14.5. The predicted molar refractivity (Wildman–Crippen MR) is 91.1 cm³/mol. The Labute approximate surface area is 139 Å². The van der Waals surface area contributed by atoms with Gasteiger partial charge in [-0.1, -0.05) is 0 Å². The summed E-state index contributed by atoms with van der Waals surface area (Å²) in [5.41, 5.74) is 3.37. The number of nitrogens with zero attached hydrogens (tertiary/aromatic N) is 4. The van der Waals surface area contributed by atoms with E-state index in [0.29, 0.717) is 6.04 Å². The molecule has 1 atom stereocenters. The van der Waals surface area contributed by atoms with Crippen molar-refractivity contribution in [2.24, 2.45) is 0 Å². The Morgan fingerprint density at radius 2 is 2.35 bits per heavy atom. The van der Waals surface area contributed by atoms with Gasteiger partial charge in [-0.2, -0.15) is 11.3 Å². The van der Waals surface area contributed by atoms with Gasteiger partial charge >= 0.3 is 0 Å².